The van der Waals surface area contributed by atoms with Crippen LogP contribution in [-0.4, -0.2) is 27.2 Å². The second-order valence-electron chi connectivity index (χ2n) is 7.28. The zero-order valence-corrected chi connectivity index (χ0v) is 17.1. The van der Waals surface area contributed by atoms with E-state index in [-0.39, 0.29) is 12.5 Å². The lowest BCUT2D eigenvalue weighted by Crippen LogP contribution is -2.29. The highest BCUT2D eigenvalue weighted by molar-refractivity contribution is 5.94. The SMILES string of the molecule is CC(c1ccc(F)c(F)c1)N(C)C(=O)c1cccc(OCc2cn3ccccc3n2)c1. The zero-order chi connectivity index (χ0) is 22.0. The van der Waals surface area contributed by atoms with Crippen molar-refractivity contribution in [2.24, 2.45) is 0 Å². The van der Waals surface area contributed by atoms with Gasteiger partial charge in [-0.1, -0.05) is 18.2 Å². The van der Waals surface area contributed by atoms with Crippen molar-refractivity contribution in [1.29, 1.82) is 0 Å². The van der Waals surface area contributed by atoms with Gasteiger partial charge < -0.3 is 14.0 Å². The first-order valence-corrected chi connectivity index (χ1v) is 9.80. The third kappa shape index (κ3) is 4.40. The second-order valence-corrected chi connectivity index (χ2v) is 7.28. The Kier molecular flexibility index (Phi) is 5.66. The van der Waals surface area contributed by atoms with E-state index in [9.17, 15) is 13.6 Å². The van der Waals surface area contributed by atoms with Gasteiger partial charge in [-0.3, -0.25) is 4.79 Å². The molecule has 0 aliphatic carbocycles. The van der Waals surface area contributed by atoms with Crippen molar-refractivity contribution in [3.63, 3.8) is 0 Å². The number of rotatable bonds is 6. The van der Waals surface area contributed by atoms with Gasteiger partial charge in [-0.05, 0) is 55.0 Å². The van der Waals surface area contributed by atoms with E-state index >= 15 is 0 Å². The van der Waals surface area contributed by atoms with Crippen LogP contribution in [0.3, 0.4) is 0 Å². The maximum Gasteiger partial charge on any atom is 0.254 e. The van der Waals surface area contributed by atoms with Crippen LogP contribution in [0.2, 0.25) is 0 Å². The molecular weight excluding hydrogens is 400 g/mol. The first-order valence-electron chi connectivity index (χ1n) is 9.80. The van der Waals surface area contributed by atoms with Crippen LogP contribution < -0.4 is 4.74 Å². The molecule has 0 aliphatic heterocycles. The van der Waals surface area contributed by atoms with Crippen molar-refractivity contribution in [2.75, 3.05) is 7.05 Å². The monoisotopic (exact) mass is 421 g/mol. The number of benzene rings is 2. The fourth-order valence-corrected chi connectivity index (χ4v) is 3.31. The molecule has 0 aliphatic rings. The molecule has 2 aromatic carbocycles. The quantitative estimate of drug-likeness (QED) is 0.439. The molecule has 0 spiro atoms. The third-order valence-corrected chi connectivity index (χ3v) is 5.21. The van der Waals surface area contributed by atoms with Crippen LogP contribution in [0.1, 0.15) is 34.6 Å². The summed E-state index contributed by atoms with van der Waals surface area (Å²) in [7, 11) is 1.62. The van der Waals surface area contributed by atoms with Crippen molar-refractivity contribution in [1.82, 2.24) is 14.3 Å². The summed E-state index contributed by atoms with van der Waals surface area (Å²) >= 11 is 0. The number of carbonyl (C=O) groups excluding carboxylic acids is 1. The van der Waals surface area contributed by atoms with Crippen molar-refractivity contribution in [3.05, 3.63) is 102 Å². The molecule has 2 aromatic heterocycles. The highest BCUT2D eigenvalue weighted by Gasteiger charge is 2.20. The Morgan fingerprint density at radius 3 is 2.71 bits per heavy atom. The molecule has 1 unspecified atom stereocenters. The van der Waals surface area contributed by atoms with Crippen molar-refractivity contribution in [3.8, 4) is 5.75 Å². The maximum atomic E-state index is 13.6. The summed E-state index contributed by atoms with van der Waals surface area (Å²) in [6.45, 7) is 2.02. The lowest BCUT2D eigenvalue weighted by Gasteiger charge is -2.25. The van der Waals surface area contributed by atoms with Crippen molar-refractivity contribution >= 4 is 11.6 Å². The van der Waals surface area contributed by atoms with E-state index in [0.29, 0.717) is 16.9 Å². The molecule has 0 saturated heterocycles. The summed E-state index contributed by atoms with van der Waals surface area (Å²) in [5, 5.41) is 0. The van der Waals surface area contributed by atoms with Gasteiger partial charge in [0, 0.05) is 25.0 Å². The first kappa shape index (κ1) is 20.5. The fraction of sp³-hybridized carbons (Fsp3) is 0.167. The Morgan fingerprint density at radius 1 is 1.10 bits per heavy atom. The van der Waals surface area contributed by atoms with Crippen LogP contribution in [0.15, 0.2) is 73.1 Å². The number of amides is 1. The molecule has 31 heavy (non-hydrogen) atoms. The normalized spacial score (nSPS) is 12.0. The van der Waals surface area contributed by atoms with Crippen LogP contribution in [0.25, 0.3) is 5.65 Å². The average molecular weight is 421 g/mol. The van der Waals surface area contributed by atoms with Gasteiger partial charge in [0.1, 0.15) is 18.0 Å². The molecule has 158 valence electrons. The molecule has 0 N–H and O–H groups in total. The second kappa shape index (κ2) is 8.55. The van der Waals surface area contributed by atoms with Crippen molar-refractivity contribution < 1.29 is 18.3 Å². The Morgan fingerprint density at radius 2 is 1.94 bits per heavy atom. The maximum absolute atomic E-state index is 13.6. The number of imidazole rings is 1. The molecule has 0 bridgehead atoms. The van der Waals surface area contributed by atoms with E-state index in [1.54, 1.807) is 38.2 Å². The number of hydrogen-bond acceptors (Lipinski definition) is 3. The van der Waals surface area contributed by atoms with E-state index < -0.39 is 17.7 Å². The molecule has 4 rings (SSSR count). The van der Waals surface area contributed by atoms with Gasteiger partial charge in [0.2, 0.25) is 0 Å². The summed E-state index contributed by atoms with van der Waals surface area (Å²) in [4.78, 5) is 18.9. The average Bonchev–Trinajstić information content (AvgIpc) is 3.21. The first-order chi connectivity index (χ1) is 14.9. The number of ether oxygens (including phenoxy) is 1. The van der Waals surface area contributed by atoms with E-state index in [4.69, 9.17) is 4.74 Å². The van der Waals surface area contributed by atoms with Gasteiger partial charge in [-0.25, -0.2) is 13.8 Å². The van der Waals surface area contributed by atoms with Crippen LogP contribution in [-0.2, 0) is 6.61 Å². The van der Waals surface area contributed by atoms with E-state index in [0.717, 1.165) is 23.5 Å². The predicted molar refractivity (Wildman–Crippen MR) is 113 cm³/mol. The Hall–Kier alpha value is -3.74. The van der Waals surface area contributed by atoms with Gasteiger partial charge in [0.25, 0.3) is 5.91 Å². The number of hydrogen-bond donors (Lipinski definition) is 0. The summed E-state index contributed by atoms with van der Waals surface area (Å²) in [5.41, 5.74) is 2.54. The third-order valence-electron chi connectivity index (χ3n) is 5.21. The fourth-order valence-electron chi connectivity index (χ4n) is 3.31. The lowest BCUT2D eigenvalue weighted by atomic mass is 10.1. The predicted octanol–water partition coefficient (Wildman–Crippen LogP) is 5.02. The van der Waals surface area contributed by atoms with Gasteiger partial charge in [-0.2, -0.15) is 0 Å². The summed E-state index contributed by atoms with van der Waals surface area (Å²) in [6.07, 6.45) is 3.80. The Balaban J connectivity index is 1.46. The van der Waals surface area contributed by atoms with E-state index in [1.165, 1.54) is 11.0 Å². The van der Waals surface area contributed by atoms with E-state index in [2.05, 4.69) is 4.98 Å². The number of carbonyl (C=O) groups is 1. The number of pyridine rings is 1. The van der Waals surface area contributed by atoms with Crippen LogP contribution in [0.4, 0.5) is 8.78 Å². The molecule has 4 aromatic rings. The standard InChI is InChI=1S/C24H21F2N3O2/c1-16(17-9-10-21(25)22(26)13-17)28(2)24(30)18-6-5-7-20(12-18)31-15-19-14-29-11-4-3-8-23(29)27-19/h3-14,16H,15H2,1-2H3. The van der Waals surface area contributed by atoms with E-state index in [1.807, 2.05) is 35.0 Å². The summed E-state index contributed by atoms with van der Waals surface area (Å²) in [6, 6.07) is 15.8. The number of nitrogens with zero attached hydrogens (tertiary/aromatic N) is 3. The Labute approximate surface area is 178 Å². The molecular formula is C24H21F2N3O2. The number of fused-ring (bicyclic) bond motifs is 1. The topological polar surface area (TPSA) is 46.8 Å². The number of aromatic nitrogens is 2. The van der Waals surface area contributed by atoms with Crippen molar-refractivity contribution in [2.45, 2.75) is 19.6 Å². The molecule has 1 atom stereocenters. The minimum Gasteiger partial charge on any atom is -0.487 e. The van der Waals surface area contributed by atoms with Crippen LogP contribution in [0.5, 0.6) is 5.75 Å². The summed E-state index contributed by atoms with van der Waals surface area (Å²) < 4.78 is 34.5. The lowest BCUT2D eigenvalue weighted by molar-refractivity contribution is 0.0742. The van der Waals surface area contributed by atoms with Gasteiger partial charge in [0.15, 0.2) is 11.6 Å². The molecule has 5 nitrogen and oxygen atoms in total. The minimum atomic E-state index is -0.937. The van der Waals surface area contributed by atoms with Crippen LogP contribution >= 0.6 is 0 Å². The molecule has 0 fully saturated rings. The van der Waals surface area contributed by atoms with Crippen LogP contribution in [0, 0.1) is 11.6 Å². The molecule has 2 heterocycles. The Bertz CT molecular complexity index is 1210. The van der Waals surface area contributed by atoms with Gasteiger partial charge >= 0.3 is 0 Å². The molecule has 0 radical (unpaired) electrons. The minimum absolute atomic E-state index is 0.254. The molecule has 0 saturated carbocycles. The summed E-state index contributed by atoms with van der Waals surface area (Å²) in [5.74, 6) is -1.57. The largest absolute Gasteiger partial charge is 0.487 e. The zero-order valence-electron chi connectivity index (χ0n) is 17.1. The highest BCUT2D eigenvalue weighted by atomic mass is 19.2. The highest BCUT2D eigenvalue weighted by Crippen LogP contribution is 2.24. The van der Waals surface area contributed by atoms with Gasteiger partial charge in [-0.15, -0.1) is 0 Å². The molecule has 1 amide bonds. The van der Waals surface area contributed by atoms with Gasteiger partial charge in [0.05, 0.1) is 11.7 Å². The number of halogens is 2. The molecule has 7 heteroatoms. The smallest absolute Gasteiger partial charge is 0.254 e.